The van der Waals surface area contributed by atoms with Gasteiger partial charge < -0.3 is 14.5 Å². The number of carbonyl (C=O) groups is 2. The van der Waals surface area contributed by atoms with Gasteiger partial charge in [-0.1, -0.05) is 12.1 Å². The van der Waals surface area contributed by atoms with Crippen LogP contribution >= 0.6 is 11.8 Å². The minimum atomic E-state index is 0.0824. The first-order valence-electron chi connectivity index (χ1n) is 9.64. The maximum absolute atomic E-state index is 13.0. The second-order valence-corrected chi connectivity index (χ2v) is 8.40. The third-order valence-electron chi connectivity index (χ3n) is 5.37. The molecular weight excluding hydrogens is 348 g/mol. The molecule has 0 aromatic heterocycles. The number of piperazine rings is 1. The lowest BCUT2D eigenvalue weighted by molar-refractivity contribution is -0.134. The van der Waals surface area contributed by atoms with Gasteiger partial charge >= 0.3 is 0 Å². The number of amides is 2. The van der Waals surface area contributed by atoms with Crippen LogP contribution in [-0.4, -0.2) is 66.3 Å². The summed E-state index contributed by atoms with van der Waals surface area (Å²) in [5.74, 6) is 1.52. The van der Waals surface area contributed by atoms with E-state index in [0.717, 1.165) is 48.5 Å². The van der Waals surface area contributed by atoms with E-state index >= 15 is 0 Å². The van der Waals surface area contributed by atoms with Crippen molar-refractivity contribution in [2.24, 2.45) is 5.92 Å². The zero-order valence-electron chi connectivity index (χ0n) is 15.1. The zero-order chi connectivity index (χ0) is 17.9. The van der Waals surface area contributed by atoms with E-state index < -0.39 is 0 Å². The van der Waals surface area contributed by atoms with Crippen LogP contribution in [0.25, 0.3) is 0 Å². The van der Waals surface area contributed by atoms with Crippen molar-refractivity contribution in [3.8, 4) is 0 Å². The largest absolute Gasteiger partial charge is 0.377 e. The molecule has 3 aliphatic rings. The third-order valence-corrected chi connectivity index (χ3v) is 6.58. The Labute approximate surface area is 159 Å². The van der Waals surface area contributed by atoms with Crippen LogP contribution in [0.1, 0.15) is 36.0 Å². The molecule has 0 spiro atoms. The summed E-state index contributed by atoms with van der Waals surface area (Å²) < 4.78 is 5.70. The maximum atomic E-state index is 13.0. The number of ether oxygens (including phenoxy) is 1. The molecule has 26 heavy (non-hydrogen) atoms. The summed E-state index contributed by atoms with van der Waals surface area (Å²) in [6, 6.07) is 7.86. The highest BCUT2D eigenvalue weighted by Gasteiger charge is 2.35. The molecule has 3 fully saturated rings. The van der Waals surface area contributed by atoms with Gasteiger partial charge in [0.15, 0.2) is 0 Å². The lowest BCUT2D eigenvalue weighted by atomic mass is 10.1. The monoisotopic (exact) mass is 374 g/mol. The van der Waals surface area contributed by atoms with Crippen molar-refractivity contribution in [3.63, 3.8) is 0 Å². The summed E-state index contributed by atoms with van der Waals surface area (Å²) in [4.78, 5) is 30.0. The Morgan fingerprint density at radius 2 is 1.77 bits per heavy atom. The van der Waals surface area contributed by atoms with Gasteiger partial charge in [0.05, 0.1) is 11.7 Å². The zero-order valence-corrected chi connectivity index (χ0v) is 15.9. The fourth-order valence-corrected chi connectivity index (χ4v) is 4.73. The van der Waals surface area contributed by atoms with E-state index in [2.05, 4.69) is 0 Å². The molecule has 0 N–H and O–H groups in total. The highest BCUT2D eigenvalue weighted by Crippen LogP contribution is 2.31. The smallest absolute Gasteiger partial charge is 0.255 e. The number of thioether (sulfide) groups is 1. The van der Waals surface area contributed by atoms with Crippen molar-refractivity contribution >= 4 is 23.6 Å². The Kier molecular flexibility index (Phi) is 5.50. The summed E-state index contributed by atoms with van der Waals surface area (Å²) in [5, 5.41) is 0. The van der Waals surface area contributed by atoms with Crippen LogP contribution in [0.3, 0.4) is 0 Å². The fraction of sp³-hybridized carbons (Fsp3) is 0.600. The molecule has 1 aromatic rings. The molecular formula is C20H26N2O3S. The molecule has 0 unspecified atom stereocenters. The van der Waals surface area contributed by atoms with E-state index in [-0.39, 0.29) is 17.7 Å². The van der Waals surface area contributed by atoms with E-state index in [9.17, 15) is 9.59 Å². The Bertz CT molecular complexity index is 663. The highest BCUT2D eigenvalue weighted by molar-refractivity contribution is 7.99. The van der Waals surface area contributed by atoms with Crippen LogP contribution in [0.4, 0.5) is 0 Å². The van der Waals surface area contributed by atoms with Gasteiger partial charge in [-0.2, -0.15) is 0 Å². The maximum Gasteiger partial charge on any atom is 0.255 e. The lowest BCUT2D eigenvalue weighted by Crippen LogP contribution is -2.51. The van der Waals surface area contributed by atoms with Crippen LogP contribution in [0.2, 0.25) is 0 Å². The summed E-state index contributed by atoms with van der Waals surface area (Å²) in [5.41, 5.74) is 0.775. The van der Waals surface area contributed by atoms with Gasteiger partial charge in [0.2, 0.25) is 5.91 Å². The summed E-state index contributed by atoms with van der Waals surface area (Å²) in [6.45, 7) is 3.43. The van der Waals surface area contributed by atoms with Gasteiger partial charge in [0.25, 0.3) is 5.91 Å². The number of hydrogen-bond acceptors (Lipinski definition) is 4. The minimum absolute atomic E-state index is 0.0824. The number of nitrogens with zero attached hydrogens (tertiary/aromatic N) is 2. The molecule has 1 aliphatic carbocycles. The normalized spacial score (nSPS) is 23.3. The Morgan fingerprint density at radius 3 is 2.46 bits per heavy atom. The molecule has 0 bridgehead atoms. The van der Waals surface area contributed by atoms with Crippen LogP contribution in [0.15, 0.2) is 29.2 Å². The summed E-state index contributed by atoms with van der Waals surface area (Å²) >= 11 is 1.72. The third kappa shape index (κ3) is 4.07. The molecule has 2 saturated heterocycles. The summed E-state index contributed by atoms with van der Waals surface area (Å²) in [7, 11) is 0. The van der Waals surface area contributed by atoms with Gasteiger partial charge in [0.1, 0.15) is 0 Å². The molecule has 140 valence electrons. The van der Waals surface area contributed by atoms with E-state index in [1.54, 1.807) is 11.8 Å². The quantitative estimate of drug-likeness (QED) is 0.744. The van der Waals surface area contributed by atoms with Crippen molar-refractivity contribution in [1.29, 1.82) is 0 Å². The first kappa shape index (κ1) is 17.9. The van der Waals surface area contributed by atoms with E-state index in [1.165, 1.54) is 0 Å². The number of benzene rings is 1. The molecule has 1 aromatic carbocycles. The second kappa shape index (κ2) is 8.01. The van der Waals surface area contributed by atoms with Gasteiger partial charge in [-0.3, -0.25) is 9.59 Å². The van der Waals surface area contributed by atoms with Crippen molar-refractivity contribution in [3.05, 3.63) is 29.8 Å². The Morgan fingerprint density at radius 1 is 1.04 bits per heavy atom. The van der Waals surface area contributed by atoms with Crippen LogP contribution in [0, 0.1) is 5.92 Å². The number of hydrogen-bond donors (Lipinski definition) is 0. The average molecular weight is 375 g/mol. The first-order valence-corrected chi connectivity index (χ1v) is 10.6. The van der Waals surface area contributed by atoms with Gasteiger partial charge in [0, 0.05) is 49.4 Å². The predicted octanol–water partition coefficient (Wildman–Crippen LogP) is 2.65. The topological polar surface area (TPSA) is 49.9 Å². The number of carbonyl (C=O) groups excluding carboxylic acids is 2. The van der Waals surface area contributed by atoms with Crippen LogP contribution in [0.5, 0.6) is 0 Å². The van der Waals surface area contributed by atoms with Crippen molar-refractivity contribution in [2.45, 2.75) is 36.7 Å². The predicted molar refractivity (Wildman–Crippen MR) is 101 cm³/mol. The molecule has 1 atom stereocenters. The molecule has 2 amide bonds. The molecule has 1 saturated carbocycles. The first-order chi connectivity index (χ1) is 12.7. The van der Waals surface area contributed by atoms with Gasteiger partial charge in [-0.25, -0.2) is 0 Å². The Balaban J connectivity index is 1.36. The fourth-order valence-electron chi connectivity index (χ4n) is 3.62. The van der Waals surface area contributed by atoms with Crippen molar-refractivity contribution < 1.29 is 14.3 Å². The standard InChI is InChI=1S/C20H26N2O3S/c23-19(15-7-8-15)21-9-11-22(12-10-21)20(24)17-5-1-2-6-18(17)26-14-16-4-3-13-25-16/h1-2,5-6,15-16H,3-4,7-14H2/t16-/m1/s1. The minimum Gasteiger partial charge on any atom is -0.377 e. The van der Waals surface area contributed by atoms with Crippen LogP contribution < -0.4 is 0 Å². The molecule has 2 heterocycles. The van der Waals surface area contributed by atoms with Gasteiger partial charge in [-0.05, 0) is 37.8 Å². The SMILES string of the molecule is O=C(c1ccccc1SC[C@H]1CCCO1)N1CCN(C(=O)C2CC2)CC1. The van der Waals surface area contributed by atoms with Crippen molar-refractivity contribution in [1.82, 2.24) is 9.80 Å². The van der Waals surface area contributed by atoms with E-state index in [1.807, 2.05) is 34.1 Å². The molecule has 2 aliphatic heterocycles. The molecule has 5 nitrogen and oxygen atoms in total. The second-order valence-electron chi connectivity index (χ2n) is 7.33. The van der Waals surface area contributed by atoms with Crippen LogP contribution in [-0.2, 0) is 9.53 Å². The summed E-state index contributed by atoms with van der Waals surface area (Å²) in [6.07, 6.45) is 4.62. The Hall–Kier alpha value is -1.53. The molecule has 6 heteroatoms. The average Bonchev–Trinajstić information content (AvgIpc) is 3.41. The van der Waals surface area contributed by atoms with Crippen molar-refractivity contribution in [2.75, 3.05) is 38.5 Å². The lowest BCUT2D eigenvalue weighted by Gasteiger charge is -2.35. The van der Waals surface area contributed by atoms with E-state index in [4.69, 9.17) is 4.74 Å². The number of rotatable bonds is 5. The molecule has 4 rings (SSSR count). The van der Waals surface area contributed by atoms with Gasteiger partial charge in [-0.15, -0.1) is 11.8 Å². The van der Waals surface area contributed by atoms with E-state index in [0.29, 0.717) is 32.3 Å². The molecule has 0 radical (unpaired) electrons. The highest BCUT2D eigenvalue weighted by atomic mass is 32.2.